The number of nitrogens with zero attached hydrogens (tertiary/aromatic N) is 4. The SMILES string of the molecule is Cc1nc(NC(C)c2cccc(OCC(=O)N3CCCC3)c2)cc(-c2ccc3ncsc3c2)n1. The summed E-state index contributed by atoms with van der Waals surface area (Å²) < 4.78 is 6.93. The van der Waals surface area contributed by atoms with Crippen LogP contribution in [0.4, 0.5) is 5.82 Å². The first-order chi connectivity index (χ1) is 16.5. The van der Waals surface area contributed by atoms with Gasteiger partial charge >= 0.3 is 0 Å². The third-order valence-corrected chi connectivity index (χ3v) is 6.80. The van der Waals surface area contributed by atoms with Gasteiger partial charge in [-0.3, -0.25) is 4.79 Å². The highest BCUT2D eigenvalue weighted by molar-refractivity contribution is 7.16. The average Bonchev–Trinajstić information content (AvgIpc) is 3.54. The van der Waals surface area contributed by atoms with Gasteiger partial charge in [0.15, 0.2) is 6.61 Å². The number of hydrogen-bond donors (Lipinski definition) is 1. The van der Waals surface area contributed by atoms with Crippen LogP contribution in [0.15, 0.2) is 54.0 Å². The third-order valence-electron chi connectivity index (χ3n) is 6.01. The number of thiazole rings is 1. The van der Waals surface area contributed by atoms with Gasteiger partial charge in [-0.05, 0) is 56.5 Å². The minimum absolute atomic E-state index is 0.0102. The van der Waals surface area contributed by atoms with Crippen LogP contribution in [-0.2, 0) is 4.79 Å². The lowest BCUT2D eigenvalue weighted by atomic mass is 10.1. The lowest BCUT2D eigenvalue weighted by Gasteiger charge is -2.18. The van der Waals surface area contributed by atoms with Gasteiger partial charge < -0.3 is 15.0 Å². The van der Waals surface area contributed by atoms with Crippen molar-refractivity contribution in [1.82, 2.24) is 19.9 Å². The zero-order chi connectivity index (χ0) is 23.5. The van der Waals surface area contributed by atoms with E-state index in [0.717, 1.165) is 58.8 Å². The number of benzene rings is 2. The molecular formula is C26H27N5O2S. The summed E-state index contributed by atoms with van der Waals surface area (Å²) in [7, 11) is 0. The predicted octanol–water partition coefficient (Wildman–Crippen LogP) is 5.24. The van der Waals surface area contributed by atoms with Crippen LogP contribution in [0.1, 0.15) is 37.2 Å². The number of aryl methyl sites for hydroxylation is 1. The zero-order valence-corrected chi connectivity index (χ0v) is 20.1. The number of anilines is 1. The molecule has 1 amide bonds. The Hall–Kier alpha value is -3.52. The second kappa shape index (κ2) is 9.77. The summed E-state index contributed by atoms with van der Waals surface area (Å²) >= 11 is 1.62. The van der Waals surface area contributed by atoms with Crippen LogP contribution in [0, 0.1) is 6.92 Å². The Balaban J connectivity index is 1.28. The lowest BCUT2D eigenvalue weighted by molar-refractivity contribution is -0.132. The Morgan fingerprint density at radius 2 is 2.00 bits per heavy atom. The molecule has 0 saturated carbocycles. The number of aromatic nitrogens is 3. The molecule has 0 radical (unpaired) electrons. The van der Waals surface area contributed by atoms with E-state index in [1.807, 2.05) is 59.8 Å². The molecule has 0 bridgehead atoms. The Kier molecular flexibility index (Phi) is 6.40. The van der Waals surface area contributed by atoms with Gasteiger partial charge in [0.2, 0.25) is 0 Å². The summed E-state index contributed by atoms with van der Waals surface area (Å²) in [5, 5.41) is 3.49. The normalized spacial score (nSPS) is 14.4. The number of carbonyl (C=O) groups is 1. The number of fused-ring (bicyclic) bond motifs is 1. The van der Waals surface area contributed by atoms with Crippen LogP contribution < -0.4 is 10.1 Å². The maximum absolute atomic E-state index is 12.3. The summed E-state index contributed by atoms with van der Waals surface area (Å²) in [4.78, 5) is 27.7. The van der Waals surface area contributed by atoms with Crippen molar-refractivity contribution in [1.29, 1.82) is 0 Å². The molecule has 8 heteroatoms. The molecule has 3 heterocycles. The molecule has 1 N–H and O–H groups in total. The molecule has 174 valence electrons. The van der Waals surface area contributed by atoms with E-state index in [1.165, 1.54) is 0 Å². The van der Waals surface area contributed by atoms with Gasteiger partial charge in [0.05, 0.1) is 27.5 Å². The number of rotatable bonds is 7. The van der Waals surface area contributed by atoms with E-state index in [4.69, 9.17) is 4.74 Å². The molecule has 7 nitrogen and oxygen atoms in total. The summed E-state index contributed by atoms with van der Waals surface area (Å²) in [6.45, 7) is 5.72. The number of likely N-dealkylation sites (tertiary alicyclic amines) is 1. The molecule has 0 spiro atoms. The maximum atomic E-state index is 12.3. The van der Waals surface area contributed by atoms with Crippen molar-refractivity contribution in [3.05, 3.63) is 65.4 Å². The van der Waals surface area contributed by atoms with Gasteiger partial charge in [0, 0.05) is 24.7 Å². The molecule has 1 unspecified atom stereocenters. The summed E-state index contributed by atoms with van der Waals surface area (Å²) in [6.07, 6.45) is 2.16. The molecule has 1 atom stereocenters. The van der Waals surface area contributed by atoms with E-state index < -0.39 is 0 Å². The van der Waals surface area contributed by atoms with Crippen LogP contribution in [0.3, 0.4) is 0 Å². The van der Waals surface area contributed by atoms with Gasteiger partial charge in [-0.25, -0.2) is 15.0 Å². The first-order valence-electron chi connectivity index (χ1n) is 11.5. The molecule has 5 rings (SSSR count). The topological polar surface area (TPSA) is 80.2 Å². The minimum Gasteiger partial charge on any atom is -0.484 e. The maximum Gasteiger partial charge on any atom is 0.260 e. The van der Waals surface area contributed by atoms with E-state index in [-0.39, 0.29) is 18.6 Å². The molecule has 2 aromatic carbocycles. The number of ether oxygens (including phenoxy) is 1. The van der Waals surface area contributed by atoms with E-state index >= 15 is 0 Å². The Morgan fingerprint density at radius 1 is 1.15 bits per heavy atom. The largest absolute Gasteiger partial charge is 0.484 e. The first-order valence-corrected chi connectivity index (χ1v) is 12.4. The van der Waals surface area contributed by atoms with Crippen LogP contribution >= 0.6 is 11.3 Å². The smallest absolute Gasteiger partial charge is 0.260 e. The second-order valence-corrected chi connectivity index (χ2v) is 9.42. The molecule has 34 heavy (non-hydrogen) atoms. The lowest BCUT2D eigenvalue weighted by Crippen LogP contribution is -2.32. The molecule has 1 aliphatic rings. The van der Waals surface area contributed by atoms with Gasteiger partial charge in [0.25, 0.3) is 5.91 Å². The third kappa shape index (κ3) is 5.02. The van der Waals surface area contributed by atoms with Crippen molar-refractivity contribution in [2.75, 3.05) is 25.0 Å². The standard InChI is InChI=1S/C26H27N5O2S/c1-17(19-6-5-7-21(12-19)33-15-26(32)31-10-3-4-11-31)28-25-14-23(29-18(2)30-25)20-8-9-22-24(13-20)34-16-27-22/h5-9,12-14,16-17H,3-4,10-11,15H2,1-2H3,(H,28,29,30). The van der Waals surface area contributed by atoms with Crippen molar-refractivity contribution >= 4 is 33.3 Å². The molecule has 2 aromatic heterocycles. The molecule has 0 aliphatic carbocycles. The molecule has 1 aliphatic heterocycles. The molecular weight excluding hydrogens is 446 g/mol. The highest BCUT2D eigenvalue weighted by atomic mass is 32.1. The van der Waals surface area contributed by atoms with Crippen LogP contribution in [0.2, 0.25) is 0 Å². The average molecular weight is 474 g/mol. The number of nitrogens with one attached hydrogen (secondary N) is 1. The monoisotopic (exact) mass is 473 g/mol. The fourth-order valence-electron chi connectivity index (χ4n) is 4.19. The van der Waals surface area contributed by atoms with E-state index in [0.29, 0.717) is 11.6 Å². The fourth-order valence-corrected chi connectivity index (χ4v) is 4.90. The van der Waals surface area contributed by atoms with Crippen molar-refractivity contribution in [2.45, 2.75) is 32.7 Å². The fraction of sp³-hybridized carbons (Fsp3) is 0.308. The highest BCUT2D eigenvalue weighted by Crippen LogP contribution is 2.28. The summed E-state index contributed by atoms with van der Waals surface area (Å²) in [6, 6.07) is 16.0. The Bertz CT molecular complexity index is 1320. The van der Waals surface area contributed by atoms with E-state index in [1.54, 1.807) is 11.3 Å². The summed E-state index contributed by atoms with van der Waals surface area (Å²) in [5.41, 5.74) is 5.81. The van der Waals surface area contributed by atoms with Gasteiger partial charge in [-0.15, -0.1) is 11.3 Å². The van der Waals surface area contributed by atoms with Crippen molar-refractivity contribution < 1.29 is 9.53 Å². The molecule has 4 aromatic rings. The van der Waals surface area contributed by atoms with E-state index in [9.17, 15) is 4.79 Å². The first kappa shape index (κ1) is 22.3. The summed E-state index contributed by atoms with van der Waals surface area (Å²) in [5.74, 6) is 2.20. The van der Waals surface area contributed by atoms with Crippen molar-refractivity contribution in [2.24, 2.45) is 0 Å². The molecule has 1 saturated heterocycles. The van der Waals surface area contributed by atoms with Gasteiger partial charge in [-0.1, -0.05) is 18.2 Å². The van der Waals surface area contributed by atoms with E-state index in [2.05, 4.69) is 33.3 Å². The number of carbonyl (C=O) groups excluding carboxylic acids is 1. The minimum atomic E-state index is -0.0102. The van der Waals surface area contributed by atoms with Gasteiger partial charge in [-0.2, -0.15) is 0 Å². The quantitative estimate of drug-likeness (QED) is 0.396. The van der Waals surface area contributed by atoms with Crippen LogP contribution in [0.5, 0.6) is 5.75 Å². The zero-order valence-electron chi connectivity index (χ0n) is 19.3. The van der Waals surface area contributed by atoms with Crippen molar-refractivity contribution in [3.63, 3.8) is 0 Å². The van der Waals surface area contributed by atoms with Gasteiger partial charge in [0.1, 0.15) is 17.4 Å². The number of hydrogen-bond acceptors (Lipinski definition) is 7. The Morgan fingerprint density at radius 3 is 2.85 bits per heavy atom. The predicted molar refractivity (Wildman–Crippen MR) is 135 cm³/mol. The molecule has 1 fully saturated rings. The van der Waals surface area contributed by atoms with Crippen LogP contribution in [-0.4, -0.2) is 45.5 Å². The number of amides is 1. The van der Waals surface area contributed by atoms with Crippen molar-refractivity contribution in [3.8, 4) is 17.0 Å². The Labute approximate surface area is 202 Å². The van der Waals surface area contributed by atoms with Crippen LogP contribution in [0.25, 0.3) is 21.5 Å². The second-order valence-electron chi connectivity index (χ2n) is 8.54. The highest BCUT2D eigenvalue weighted by Gasteiger charge is 2.18.